The molecule has 0 radical (unpaired) electrons. The molecule has 1 rings (SSSR count). The monoisotopic (exact) mass is 261 g/mol. The van der Waals surface area contributed by atoms with Crippen molar-refractivity contribution in [1.82, 2.24) is 15.0 Å². The van der Waals surface area contributed by atoms with Crippen LogP contribution in [0.3, 0.4) is 0 Å². The zero-order valence-electron chi connectivity index (χ0n) is 9.79. The van der Waals surface area contributed by atoms with Crippen LogP contribution >= 0.6 is 0 Å². The maximum Gasteiger partial charge on any atom is 0.305 e. The smallest absolute Gasteiger partial charge is 0.305 e. The average Bonchev–Trinajstić information content (AvgIpc) is 2.62. The Labute approximate surface area is 99.7 Å². The van der Waals surface area contributed by atoms with Crippen molar-refractivity contribution in [2.24, 2.45) is 0 Å². The fourth-order valence-corrected chi connectivity index (χ4v) is 1.94. The van der Waals surface area contributed by atoms with Crippen molar-refractivity contribution in [3.05, 3.63) is 11.9 Å². The molecule has 0 fully saturated rings. The summed E-state index contributed by atoms with van der Waals surface area (Å²) in [5.74, 6) is -0.397. The molecule has 0 saturated heterocycles. The summed E-state index contributed by atoms with van der Waals surface area (Å²) in [6.45, 7) is 0.506. The van der Waals surface area contributed by atoms with E-state index in [9.17, 15) is 13.2 Å². The van der Waals surface area contributed by atoms with Gasteiger partial charge in [0.05, 0.1) is 18.6 Å². The number of rotatable bonds is 6. The third kappa shape index (κ3) is 5.43. The van der Waals surface area contributed by atoms with Crippen molar-refractivity contribution < 1.29 is 17.9 Å². The molecule has 8 heteroatoms. The Morgan fingerprint density at radius 1 is 1.53 bits per heavy atom. The van der Waals surface area contributed by atoms with E-state index < -0.39 is 9.84 Å². The minimum Gasteiger partial charge on any atom is -0.469 e. The maximum atomic E-state index is 11.0. The summed E-state index contributed by atoms with van der Waals surface area (Å²) in [5, 5.41) is 7.51. The molecule has 0 amide bonds. The summed E-state index contributed by atoms with van der Waals surface area (Å²) in [6, 6.07) is 0. The minimum absolute atomic E-state index is 0.121. The Morgan fingerprint density at radius 2 is 2.24 bits per heavy atom. The summed E-state index contributed by atoms with van der Waals surface area (Å²) in [6.07, 6.45) is 3.59. The lowest BCUT2D eigenvalue weighted by Gasteiger charge is -1.99. The first-order valence-electron chi connectivity index (χ1n) is 5.04. The van der Waals surface area contributed by atoms with Crippen LogP contribution in [0.15, 0.2) is 6.20 Å². The van der Waals surface area contributed by atoms with Crippen molar-refractivity contribution in [2.75, 3.05) is 13.4 Å². The van der Waals surface area contributed by atoms with Gasteiger partial charge in [-0.25, -0.2) is 8.42 Å². The molecule has 0 saturated carbocycles. The van der Waals surface area contributed by atoms with Gasteiger partial charge in [0.25, 0.3) is 0 Å². The van der Waals surface area contributed by atoms with Crippen molar-refractivity contribution in [3.8, 4) is 0 Å². The topological polar surface area (TPSA) is 91.2 Å². The normalized spacial score (nSPS) is 11.4. The number of carbonyl (C=O) groups is 1. The fourth-order valence-electron chi connectivity index (χ4n) is 1.27. The molecule has 0 N–H and O–H groups in total. The number of ether oxygens (including phenoxy) is 1. The molecule has 0 spiro atoms. The van der Waals surface area contributed by atoms with E-state index >= 15 is 0 Å². The van der Waals surface area contributed by atoms with Crippen LogP contribution in [0.2, 0.25) is 0 Å². The molecular formula is C9H15N3O4S. The fraction of sp³-hybridized carbons (Fsp3) is 0.667. The van der Waals surface area contributed by atoms with E-state index in [1.54, 1.807) is 6.20 Å². The van der Waals surface area contributed by atoms with E-state index in [2.05, 4.69) is 15.0 Å². The molecule has 0 atom stereocenters. The van der Waals surface area contributed by atoms with Crippen LogP contribution in [-0.4, -0.2) is 42.7 Å². The van der Waals surface area contributed by atoms with E-state index in [1.807, 2.05) is 0 Å². The highest BCUT2D eigenvalue weighted by molar-refractivity contribution is 7.89. The van der Waals surface area contributed by atoms with E-state index in [1.165, 1.54) is 11.8 Å². The lowest BCUT2D eigenvalue weighted by Crippen LogP contribution is -2.04. The Kier molecular flexibility index (Phi) is 4.62. The van der Waals surface area contributed by atoms with Gasteiger partial charge in [0.1, 0.15) is 0 Å². The van der Waals surface area contributed by atoms with E-state index in [-0.39, 0.29) is 11.7 Å². The van der Waals surface area contributed by atoms with Gasteiger partial charge in [-0.1, -0.05) is 5.21 Å². The Hall–Kier alpha value is -1.44. The van der Waals surface area contributed by atoms with E-state index in [0.717, 1.165) is 6.26 Å². The molecule has 0 aliphatic heterocycles. The van der Waals surface area contributed by atoms with Crippen LogP contribution in [0.5, 0.6) is 0 Å². The zero-order valence-corrected chi connectivity index (χ0v) is 10.6. The van der Waals surface area contributed by atoms with Gasteiger partial charge in [0.2, 0.25) is 0 Å². The highest BCUT2D eigenvalue weighted by Crippen LogP contribution is 2.01. The highest BCUT2D eigenvalue weighted by Gasteiger charge is 2.08. The second-order valence-corrected chi connectivity index (χ2v) is 5.86. The lowest BCUT2D eigenvalue weighted by molar-refractivity contribution is -0.140. The first-order valence-corrected chi connectivity index (χ1v) is 7.10. The highest BCUT2D eigenvalue weighted by atomic mass is 32.2. The minimum atomic E-state index is -3.09. The standard InChI is InChI=1S/C9H15N3O4S/c1-16-9(13)4-3-5-12-6-8(10-11-12)7-17(2,14)15/h6H,3-5,7H2,1-2H3. The first kappa shape index (κ1) is 13.6. The maximum absolute atomic E-state index is 11.0. The van der Waals surface area contributed by atoms with Gasteiger partial charge < -0.3 is 4.74 Å². The summed E-state index contributed by atoms with van der Waals surface area (Å²) in [5.41, 5.74) is 0.408. The van der Waals surface area contributed by atoms with Gasteiger partial charge in [-0.15, -0.1) is 5.10 Å². The van der Waals surface area contributed by atoms with Gasteiger partial charge in [-0.3, -0.25) is 9.48 Å². The molecule has 0 aromatic carbocycles. The van der Waals surface area contributed by atoms with Gasteiger partial charge >= 0.3 is 5.97 Å². The molecule has 1 aromatic rings. The summed E-state index contributed by atoms with van der Waals surface area (Å²) < 4.78 is 28.0. The van der Waals surface area contributed by atoms with Crippen LogP contribution in [0.25, 0.3) is 0 Å². The molecule has 0 aliphatic carbocycles. The van der Waals surface area contributed by atoms with Gasteiger partial charge in [0.15, 0.2) is 9.84 Å². The quantitative estimate of drug-likeness (QED) is 0.657. The summed E-state index contributed by atoms with van der Waals surface area (Å²) >= 11 is 0. The zero-order chi connectivity index (χ0) is 12.9. The lowest BCUT2D eigenvalue weighted by atomic mass is 10.3. The molecule has 0 unspecified atom stereocenters. The number of carbonyl (C=O) groups excluding carboxylic acids is 1. The SMILES string of the molecule is COC(=O)CCCn1cc(CS(C)(=O)=O)nn1. The van der Waals surface area contributed by atoms with Gasteiger partial charge in [0, 0.05) is 25.4 Å². The molecule has 0 aliphatic rings. The predicted molar refractivity (Wildman–Crippen MR) is 59.8 cm³/mol. The van der Waals surface area contributed by atoms with Gasteiger partial charge in [-0.2, -0.15) is 0 Å². The van der Waals surface area contributed by atoms with Crippen LogP contribution in [0.1, 0.15) is 18.5 Å². The number of aryl methyl sites for hydroxylation is 1. The van der Waals surface area contributed by atoms with Crippen LogP contribution in [-0.2, 0) is 31.7 Å². The van der Waals surface area contributed by atoms with Gasteiger partial charge in [-0.05, 0) is 6.42 Å². The first-order chi connectivity index (χ1) is 7.90. The predicted octanol–water partition coefficient (Wildman–Crippen LogP) is -0.224. The molecule has 17 heavy (non-hydrogen) atoms. The number of esters is 1. The summed E-state index contributed by atoms with van der Waals surface area (Å²) in [4.78, 5) is 10.8. The molecule has 7 nitrogen and oxygen atoms in total. The molecule has 1 heterocycles. The van der Waals surface area contributed by atoms with E-state index in [0.29, 0.717) is 25.1 Å². The average molecular weight is 261 g/mol. The third-order valence-electron chi connectivity index (χ3n) is 1.99. The number of sulfone groups is 1. The summed E-state index contributed by atoms with van der Waals surface area (Å²) in [7, 11) is -1.76. The van der Waals surface area contributed by atoms with Crippen LogP contribution in [0, 0.1) is 0 Å². The Morgan fingerprint density at radius 3 is 2.82 bits per heavy atom. The molecule has 0 bridgehead atoms. The number of nitrogens with zero attached hydrogens (tertiary/aromatic N) is 3. The number of methoxy groups -OCH3 is 1. The largest absolute Gasteiger partial charge is 0.469 e. The van der Waals surface area contributed by atoms with Crippen LogP contribution < -0.4 is 0 Å². The molecular weight excluding hydrogens is 246 g/mol. The number of hydrogen-bond donors (Lipinski definition) is 0. The van der Waals surface area contributed by atoms with Crippen molar-refractivity contribution >= 4 is 15.8 Å². The molecule has 96 valence electrons. The van der Waals surface area contributed by atoms with E-state index in [4.69, 9.17) is 0 Å². The Bertz CT molecular complexity index is 480. The van der Waals surface area contributed by atoms with Crippen molar-refractivity contribution in [1.29, 1.82) is 0 Å². The van der Waals surface area contributed by atoms with Crippen LogP contribution in [0.4, 0.5) is 0 Å². The second-order valence-electron chi connectivity index (χ2n) is 3.72. The number of aromatic nitrogens is 3. The van der Waals surface area contributed by atoms with Crippen molar-refractivity contribution in [2.45, 2.75) is 25.1 Å². The number of hydrogen-bond acceptors (Lipinski definition) is 6. The van der Waals surface area contributed by atoms with Crippen molar-refractivity contribution in [3.63, 3.8) is 0 Å². The third-order valence-corrected chi connectivity index (χ3v) is 2.81. The Balaban J connectivity index is 2.44. The second kappa shape index (κ2) is 5.76. The molecule has 1 aromatic heterocycles.